The fraction of sp³-hybridized carbons (Fsp3) is 0.333. The molecule has 110 valence electrons. The van der Waals surface area contributed by atoms with Crippen LogP contribution in [-0.4, -0.2) is 17.6 Å². The lowest BCUT2D eigenvalue weighted by Crippen LogP contribution is -2.10. The normalized spacial score (nSPS) is 10.4. The molecule has 0 aliphatic carbocycles. The van der Waals surface area contributed by atoms with Crippen molar-refractivity contribution in [2.45, 2.75) is 33.1 Å². The number of carbonyl (C=O) groups excluding carboxylic acids is 1. The molecule has 1 heterocycles. The lowest BCUT2D eigenvalue weighted by Gasteiger charge is -2.07. The quantitative estimate of drug-likeness (QED) is 0.602. The number of hydrogen-bond donors (Lipinski definition) is 0. The highest BCUT2D eigenvalue weighted by atomic mass is 16.5. The van der Waals surface area contributed by atoms with Crippen molar-refractivity contribution < 1.29 is 9.53 Å². The van der Waals surface area contributed by atoms with Crippen molar-refractivity contribution in [1.82, 2.24) is 4.98 Å². The van der Waals surface area contributed by atoms with E-state index >= 15 is 0 Å². The van der Waals surface area contributed by atoms with Gasteiger partial charge in [-0.1, -0.05) is 30.3 Å². The molecule has 0 saturated carbocycles. The first-order valence-electron chi connectivity index (χ1n) is 7.28. The van der Waals surface area contributed by atoms with Crippen LogP contribution in [0.2, 0.25) is 0 Å². The van der Waals surface area contributed by atoms with E-state index in [1.807, 2.05) is 56.3 Å². The van der Waals surface area contributed by atoms with Gasteiger partial charge in [0.25, 0.3) is 0 Å². The van der Waals surface area contributed by atoms with Crippen LogP contribution >= 0.6 is 0 Å². The fourth-order valence-corrected chi connectivity index (χ4v) is 2.19. The Hall–Kier alpha value is -2.16. The van der Waals surface area contributed by atoms with E-state index in [1.165, 1.54) is 0 Å². The minimum Gasteiger partial charge on any atom is -0.465 e. The van der Waals surface area contributed by atoms with Gasteiger partial charge in [-0.05, 0) is 49.9 Å². The summed E-state index contributed by atoms with van der Waals surface area (Å²) in [4.78, 5) is 16.2. The summed E-state index contributed by atoms with van der Waals surface area (Å²) < 4.78 is 5.29. The Labute approximate surface area is 126 Å². The van der Waals surface area contributed by atoms with Crippen molar-refractivity contribution in [3.05, 3.63) is 65.0 Å². The zero-order valence-corrected chi connectivity index (χ0v) is 12.6. The average Bonchev–Trinajstić information content (AvgIpc) is 2.46. The van der Waals surface area contributed by atoms with Gasteiger partial charge < -0.3 is 4.74 Å². The maximum atomic E-state index is 11.8. The Morgan fingerprint density at radius 2 is 1.90 bits per heavy atom. The molecule has 0 radical (unpaired) electrons. The van der Waals surface area contributed by atoms with E-state index in [1.54, 1.807) is 0 Å². The number of aryl methyl sites for hydroxylation is 3. The van der Waals surface area contributed by atoms with Crippen molar-refractivity contribution in [3.63, 3.8) is 0 Å². The second kappa shape index (κ2) is 7.58. The molecule has 0 spiro atoms. The standard InChI is InChI=1S/C18H21NO2/c1-14-7-3-4-9-16(14)13-18(20)21-12-6-11-17-10-5-8-15(2)19-17/h3-5,7-10H,6,11-13H2,1-2H3. The van der Waals surface area contributed by atoms with E-state index in [2.05, 4.69) is 4.98 Å². The summed E-state index contributed by atoms with van der Waals surface area (Å²) in [6.07, 6.45) is 1.98. The van der Waals surface area contributed by atoms with Crippen LogP contribution in [-0.2, 0) is 22.4 Å². The van der Waals surface area contributed by atoms with Gasteiger partial charge in [-0.15, -0.1) is 0 Å². The Morgan fingerprint density at radius 1 is 1.10 bits per heavy atom. The number of aromatic nitrogens is 1. The third kappa shape index (κ3) is 5.03. The Morgan fingerprint density at radius 3 is 2.67 bits per heavy atom. The van der Waals surface area contributed by atoms with Crippen molar-refractivity contribution in [2.24, 2.45) is 0 Å². The van der Waals surface area contributed by atoms with Crippen LogP contribution in [0.4, 0.5) is 0 Å². The van der Waals surface area contributed by atoms with E-state index in [4.69, 9.17) is 4.74 Å². The number of benzene rings is 1. The van der Waals surface area contributed by atoms with Crippen molar-refractivity contribution >= 4 is 5.97 Å². The first-order valence-corrected chi connectivity index (χ1v) is 7.28. The fourth-order valence-electron chi connectivity index (χ4n) is 2.19. The SMILES string of the molecule is Cc1cccc(CCCOC(=O)Cc2ccccc2C)n1. The smallest absolute Gasteiger partial charge is 0.310 e. The molecule has 2 rings (SSSR count). The van der Waals surface area contributed by atoms with Crippen molar-refractivity contribution in [3.8, 4) is 0 Å². The summed E-state index contributed by atoms with van der Waals surface area (Å²) in [5, 5.41) is 0. The Balaban J connectivity index is 1.71. The van der Waals surface area contributed by atoms with Gasteiger partial charge in [0.05, 0.1) is 13.0 Å². The third-order valence-electron chi connectivity index (χ3n) is 3.38. The molecule has 1 aromatic heterocycles. The highest BCUT2D eigenvalue weighted by molar-refractivity contribution is 5.73. The maximum absolute atomic E-state index is 11.8. The molecule has 3 nitrogen and oxygen atoms in total. The summed E-state index contributed by atoms with van der Waals surface area (Å²) in [6, 6.07) is 13.9. The predicted molar refractivity (Wildman–Crippen MR) is 83.1 cm³/mol. The number of hydrogen-bond acceptors (Lipinski definition) is 3. The van der Waals surface area contributed by atoms with E-state index in [9.17, 15) is 4.79 Å². The van der Waals surface area contributed by atoms with Crippen LogP contribution in [0, 0.1) is 13.8 Å². The Kier molecular flexibility index (Phi) is 5.50. The molecule has 0 unspecified atom stereocenters. The molecule has 0 fully saturated rings. The molecule has 0 atom stereocenters. The second-order valence-corrected chi connectivity index (χ2v) is 5.20. The van der Waals surface area contributed by atoms with Crippen LogP contribution in [0.1, 0.15) is 28.9 Å². The molecular weight excluding hydrogens is 262 g/mol. The van der Waals surface area contributed by atoms with Gasteiger partial charge in [0.2, 0.25) is 0 Å². The first-order chi connectivity index (χ1) is 10.1. The molecule has 0 saturated heterocycles. The molecule has 0 N–H and O–H groups in total. The zero-order chi connectivity index (χ0) is 15.1. The largest absolute Gasteiger partial charge is 0.465 e. The van der Waals surface area contributed by atoms with E-state index in [0.717, 1.165) is 35.4 Å². The van der Waals surface area contributed by atoms with Gasteiger partial charge in [0, 0.05) is 11.4 Å². The summed E-state index contributed by atoms with van der Waals surface area (Å²) in [6.45, 7) is 4.43. The summed E-state index contributed by atoms with van der Waals surface area (Å²) in [5.41, 5.74) is 4.22. The monoisotopic (exact) mass is 283 g/mol. The number of esters is 1. The molecular formula is C18H21NO2. The van der Waals surface area contributed by atoms with Gasteiger partial charge in [-0.25, -0.2) is 0 Å². The topological polar surface area (TPSA) is 39.2 Å². The summed E-state index contributed by atoms with van der Waals surface area (Å²) in [7, 11) is 0. The molecule has 21 heavy (non-hydrogen) atoms. The van der Waals surface area contributed by atoms with Crippen LogP contribution in [0.15, 0.2) is 42.5 Å². The third-order valence-corrected chi connectivity index (χ3v) is 3.38. The highest BCUT2D eigenvalue weighted by Gasteiger charge is 2.06. The minimum absolute atomic E-state index is 0.165. The number of pyridine rings is 1. The van der Waals surface area contributed by atoms with E-state index < -0.39 is 0 Å². The Bertz CT molecular complexity index is 608. The number of nitrogens with zero attached hydrogens (tertiary/aromatic N) is 1. The van der Waals surface area contributed by atoms with E-state index in [-0.39, 0.29) is 5.97 Å². The number of rotatable bonds is 6. The minimum atomic E-state index is -0.165. The van der Waals surface area contributed by atoms with E-state index in [0.29, 0.717) is 13.0 Å². The lowest BCUT2D eigenvalue weighted by molar-refractivity contribution is -0.142. The highest BCUT2D eigenvalue weighted by Crippen LogP contribution is 2.08. The molecule has 0 aliphatic rings. The van der Waals surface area contributed by atoms with Gasteiger partial charge in [0.15, 0.2) is 0 Å². The summed E-state index contributed by atoms with van der Waals surface area (Å²) >= 11 is 0. The van der Waals surface area contributed by atoms with Crippen LogP contribution in [0.25, 0.3) is 0 Å². The molecule has 0 aliphatic heterocycles. The predicted octanol–water partition coefficient (Wildman–Crippen LogP) is 3.42. The molecule has 0 amide bonds. The van der Waals surface area contributed by atoms with Crippen molar-refractivity contribution in [1.29, 1.82) is 0 Å². The zero-order valence-electron chi connectivity index (χ0n) is 12.6. The number of carbonyl (C=O) groups is 1. The lowest BCUT2D eigenvalue weighted by atomic mass is 10.1. The first kappa shape index (κ1) is 15.2. The average molecular weight is 283 g/mol. The molecule has 2 aromatic rings. The van der Waals surface area contributed by atoms with Gasteiger partial charge in [-0.3, -0.25) is 9.78 Å². The molecule has 0 bridgehead atoms. The van der Waals surface area contributed by atoms with Gasteiger partial charge >= 0.3 is 5.97 Å². The van der Waals surface area contributed by atoms with Crippen molar-refractivity contribution in [2.75, 3.05) is 6.61 Å². The summed E-state index contributed by atoms with van der Waals surface area (Å²) in [5.74, 6) is -0.165. The molecule has 3 heteroatoms. The molecule has 1 aromatic carbocycles. The van der Waals surface area contributed by atoms with Crippen LogP contribution < -0.4 is 0 Å². The maximum Gasteiger partial charge on any atom is 0.310 e. The second-order valence-electron chi connectivity index (χ2n) is 5.20. The van der Waals surface area contributed by atoms with Gasteiger partial charge in [-0.2, -0.15) is 0 Å². The van der Waals surface area contributed by atoms with Crippen LogP contribution in [0.5, 0.6) is 0 Å². The van der Waals surface area contributed by atoms with Crippen LogP contribution in [0.3, 0.4) is 0 Å². The number of ether oxygens (including phenoxy) is 1. The van der Waals surface area contributed by atoms with Gasteiger partial charge in [0.1, 0.15) is 0 Å².